The molecule has 0 fully saturated rings. The number of aliphatic hydroxyl groups is 1. The molecule has 3 nitrogen and oxygen atoms in total. The number of ether oxygens (including phenoxy) is 2. The summed E-state index contributed by atoms with van der Waals surface area (Å²) in [6.07, 6.45) is 0.648. The van der Waals surface area contributed by atoms with Gasteiger partial charge in [0.1, 0.15) is 0 Å². The van der Waals surface area contributed by atoms with Crippen molar-refractivity contribution >= 4 is 0 Å². The topological polar surface area (TPSA) is 38.7 Å². The molecule has 86 valence electrons. The first kappa shape index (κ1) is 13.9. The second-order valence-electron chi connectivity index (χ2n) is 4.71. The van der Waals surface area contributed by atoms with Gasteiger partial charge in [-0.15, -0.1) is 0 Å². The molecule has 0 heterocycles. The van der Waals surface area contributed by atoms with Gasteiger partial charge < -0.3 is 14.6 Å². The summed E-state index contributed by atoms with van der Waals surface area (Å²) in [5.41, 5.74) is -0.523. The fourth-order valence-electron chi connectivity index (χ4n) is 1.14. The minimum absolute atomic E-state index is 0.155. The van der Waals surface area contributed by atoms with Gasteiger partial charge in [-0.05, 0) is 41.0 Å². The van der Waals surface area contributed by atoms with Crippen LogP contribution in [0.3, 0.4) is 0 Å². The van der Waals surface area contributed by atoms with Crippen molar-refractivity contribution in [2.24, 2.45) is 0 Å². The maximum absolute atomic E-state index is 8.82. The highest BCUT2D eigenvalue weighted by Gasteiger charge is 2.24. The summed E-state index contributed by atoms with van der Waals surface area (Å²) in [6.45, 7) is 11.3. The molecule has 0 radical (unpaired) electrons. The molecule has 1 N–H and O–H groups in total. The predicted octanol–water partition coefficient (Wildman–Crippen LogP) is 1.98. The molecule has 0 rings (SSSR count). The highest BCUT2D eigenvalue weighted by atomic mass is 16.6. The molecular formula is C11H24O3. The molecule has 0 aliphatic carbocycles. The van der Waals surface area contributed by atoms with Gasteiger partial charge in [-0.2, -0.15) is 0 Å². The van der Waals surface area contributed by atoms with Crippen molar-refractivity contribution in [2.45, 2.75) is 52.2 Å². The van der Waals surface area contributed by atoms with E-state index in [1.165, 1.54) is 0 Å². The van der Waals surface area contributed by atoms with Crippen LogP contribution in [0, 0.1) is 0 Å². The Kier molecular flexibility index (Phi) is 5.64. The quantitative estimate of drug-likeness (QED) is 0.689. The van der Waals surface area contributed by atoms with Crippen molar-refractivity contribution in [2.75, 3.05) is 19.8 Å². The molecule has 0 spiro atoms. The fraction of sp³-hybridized carbons (Fsp3) is 1.00. The van der Waals surface area contributed by atoms with Gasteiger partial charge in [-0.25, -0.2) is 0 Å². The summed E-state index contributed by atoms with van der Waals surface area (Å²) in [5.74, 6) is 0. The van der Waals surface area contributed by atoms with Gasteiger partial charge in [-0.3, -0.25) is 0 Å². The van der Waals surface area contributed by atoms with Gasteiger partial charge in [0, 0.05) is 13.2 Å². The van der Waals surface area contributed by atoms with Gasteiger partial charge in [0.2, 0.25) is 0 Å². The standard InChI is InChI=1S/C11H24O3/c1-6-13-11(4,5)9-14-10(2,3)7-8-12/h12H,6-9H2,1-5H3. The molecule has 0 amide bonds. The lowest BCUT2D eigenvalue weighted by Crippen LogP contribution is -2.37. The molecule has 0 atom stereocenters. The second-order valence-corrected chi connectivity index (χ2v) is 4.71. The van der Waals surface area contributed by atoms with Crippen molar-refractivity contribution in [3.05, 3.63) is 0 Å². The van der Waals surface area contributed by atoms with Crippen LogP contribution in [0.25, 0.3) is 0 Å². The zero-order chi connectivity index (χ0) is 11.2. The highest BCUT2D eigenvalue weighted by molar-refractivity contribution is 4.73. The van der Waals surface area contributed by atoms with Crippen LogP contribution in [-0.4, -0.2) is 36.1 Å². The van der Waals surface area contributed by atoms with Gasteiger partial charge >= 0.3 is 0 Å². The Bertz CT molecular complexity index is 135. The first-order valence-corrected chi connectivity index (χ1v) is 5.22. The average Bonchev–Trinajstić information content (AvgIpc) is 2.01. The Morgan fingerprint density at radius 2 is 1.57 bits per heavy atom. The summed E-state index contributed by atoms with van der Waals surface area (Å²) in [6, 6.07) is 0. The largest absolute Gasteiger partial charge is 0.396 e. The van der Waals surface area contributed by atoms with Gasteiger partial charge in [0.15, 0.2) is 0 Å². The lowest BCUT2D eigenvalue weighted by molar-refractivity contribution is -0.122. The molecule has 0 aliphatic rings. The minimum Gasteiger partial charge on any atom is -0.396 e. The van der Waals surface area contributed by atoms with E-state index in [-0.39, 0.29) is 17.8 Å². The monoisotopic (exact) mass is 204 g/mol. The van der Waals surface area contributed by atoms with E-state index < -0.39 is 0 Å². The first-order valence-electron chi connectivity index (χ1n) is 5.22. The summed E-state index contributed by atoms with van der Waals surface area (Å²) >= 11 is 0. The molecule has 0 aliphatic heterocycles. The Morgan fingerprint density at radius 3 is 2.00 bits per heavy atom. The molecule has 0 bridgehead atoms. The molecule has 0 aromatic rings. The number of hydrogen-bond donors (Lipinski definition) is 1. The Balaban J connectivity index is 3.90. The normalized spacial score (nSPS) is 13.3. The Hall–Kier alpha value is -0.120. The van der Waals surface area contributed by atoms with Crippen molar-refractivity contribution < 1.29 is 14.6 Å². The Morgan fingerprint density at radius 1 is 1.00 bits per heavy atom. The van der Waals surface area contributed by atoms with E-state index in [9.17, 15) is 0 Å². The van der Waals surface area contributed by atoms with Crippen molar-refractivity contribution in [1.29, 1.82) is 0 Å². The fourth-order valence-corrected chi connectivity index (χ4v) is 1.14. The number of aliphatic hydroxyl groups excluding tert-OH is 1. The summed E-state index contributed by atoms with van der Waals surface area (Å²) in [7, 11) is 0. The molecule has 0 aromatic carbocycles. The van der Waals surface area contributed by atoms with E-state index >= 15 is 0 Å². The third-order valence-corrected chi connectivity index (χ3v) is 2.06. The summed E-state index contributed by atoms with van der Waals surface area (Å²) < 4.78 is 11.2. The third-order valence-electron chi connectivity index (χ3n) is 2.06. The van der Waals surface area contributed by atoms with Crippen LogP contribution in [0.1, 0.15) is 41.0 Å². The summed E-state index contributed by atoms with van der Waals surface area (Å²) in [5, 5.41) is 8.82. The van der Waals surface area contributed by atoms with E-state index in [2.05, 4.69) is 0 Å². The number of hydrogen-bond acceptors (Lipinski definition) is 3. The molecule has 3 heteroatoms. The van der Waals surface area contributed by atoms with Crippen LogP contribution in [0.5, 0.6) is 0 Å². The summed E-state index contributed by atoms with van der Waals surface area (Å²) in [4.78, 5) is 0. The van der Waals surface area contributed by atoms with E-state index in [1.807, 2.05) is 34.6 Å². The molecule has 14 heavy (non-hydrogen) atoms. The van der Waals surface area contributed by atoms with Crippen molar-refractivity contribution in [3.8, 4) is 0 Å². The molecular weight excluding hydrogens is 180 g/mol. The van der Waals surface area contributed by atoms with Crippen LogP contribution < -0.4 is 0 Å². The SMILES string of the molecule is CCOC(C)(C)COC(C)(C)CCO. The van der Waals surface area contributed by atoms with Crippen molar-refractivity contribution in [3.63, 3.8) is 0 Å². The second kappa shape index (κ2) is 5.69. The van der Waals surface area contributed by atoms with Crippen LogP contribution in [0.15, 0.2) is 0 Å². The predicted molar refractivity (Wildman–Crippen MR) is 57.4 cm³/mol. The Labute approximate surface area is 87.4 Å². The lowest BCUT2D eigenvalue weighted by atomic mass is 10.1. The average molecular weight is 204 g/mol. The van der Waals surface area contributed by atoms with Gasteiger partial charge in [0.25, 0.3) is 0 Å². The van der Waals surface area contributed by atoms with E-state index in [4.69, 9.17) is 14.6 Å². The van der Waals surface area contributed by atoms with E-state index in [0.717, 1.165) is 0 Å². The van der Waals surface area contributed by atoms with E-state index in [1.54, 1.807) is 0 Å². The number of rotatable bonds is 7. The van der Waals surface area contributed by atoms with Gasteiger partial charge in [0.05, 0.1) is 17.8 Å². The van der Waals surface area contributed by atoms with Crippen LogP contribution >= 0.6 is 0 Å². The van der Waals surface area contributed by atoms with E-state index in [0.29, 0.717) is 19.6 Å². The van der Waals surface area contributed by atoms with Gasteiger partial charge in [-0.1, -0.05) is 0 Å². The van der Waals surface area contributed by atoms with Crippen LogP contribution in [-0.2, 0) is 9.47 Å². The minimum atomic E-state index is -0.275. The molecule has 0 saturated heterocycles. The highest BCUT2D eigenvalue weighted by Crippen LogP contribution is 2.18. The van der Waals surface area contributed by atoms with Crippen LogP contribution in [0.4, 0.5) is 0 Å². The third kappa shape index (κ3) is 6.35. The zero-order valence-corrected chi connectivity index (χ0v) is 10.1. The molecule has 0 aromatic heterocycles. The zero-order valence-electron chi connectivity index (χ0n) is 10.1. The van der Waals surface area contributed by atoms with Crippen LogP contribution in [0.2, 0.25) is 0 Å². The smallest absolute Gasteiger partial charge is 0.0859 e. The molecule has 0 unspecified atom stereocenters. The first-order chi connectivity index (χ1) is 6.33. The maximum Gasteiger partial charge on any atom is 0.0859 e. The van der Waals surface area contributed by atoms with Crippen molar-refractivity contribution in [1.82, 2.24) is 0 Å². The maximum atomic E-state index is 8.82. The molecule has 0 saturated carbocycles. The lowest BCUT2D eigenvalue weighted by Gasteiger charge is -2.31.